The first-order valence-corrected chi connectivity index (χ1v) is 6.49. The van der Waals surface area contributed by atoms with Crippen LogP contribution in [0.4, 0.5) is 0 Å². The van der Waals surface area contributed by atoms with Gasteiger partial charge in [0.15, 0.2) is 0 Å². The maximum atomic E-state index is 5.83. The lowest BCUT2D eigenvalue weighted by molar-refractivity contribution is -0.0117. The third-order valence-electron chi connectivity index (χ3n) is 2.63. The normalized spacial score (nSPS) is 25.1. The summed E-state index contributed by atoms with van der Waals surface area (Å²) in [6, 6.07) is 0. The molecule has 1 aliphatic heterocycles. The molecule has 0 N–H and O–H groups in total. The van der Waals surface area contributed by atoms with E-state index in [4.69, 9.17) is 18.3 Å². The van der Waals surface area contributed by atoms with Crippen LogP contribution in [0.2, 0.25) is 0 Å². The second-order valence-electron chi connectivity index (χ2n) is 3.74. The molecule has 0 spiro atoms. The number of hydrogen-bond donors (Lipinski definition) is 0. The SMILES string of the molecule is CCC(C)(OCC1CO1)[SiH](OC)OC. The second kappa shape index (κ2) is 5.23. The van der Waals surface area contributed by atoms with Gasteiger partial charge in [0.05, 0.1) is 13.2 Å². The van der Waals surface area contributed by atoms with E-state index in [1.54, 1.807) is 14.2 Å². The third kappa shape index (κ3) is 3.03. The van der Waals surface area contributed by atoms with Crippen LogP contribution in [-0.2, 0) is 18.3 Å². The van der Waals surface area contributed by atoms with Crippen LogP contribution in [0.15, 0.2) is 0 Å². The summed E-state index contributed by atoms with van der Waals surface area (Å²) >= 11 is 0. The first-order valence-electron chi connectivity index (χ1n) is 4.97. The fourth-order valence-electron chi connectivity index (χ4n) is 1.38. The molecule has 0 bridgehead atoms. The maximum Gasteiger partial charge on any atom is 0.353 e. The van der Waals surface area contributed by atoms with Crippen LogP contribution < -0.4 is 0 Å². The molecule has 2 unspecified atom stereocenters. The van der Waals surface area contributed by atoms with E-state index in [0.717, 1.165) is 13.0 Å². The van der Waals surface area contributed by atoms with Gasteiger partial charge in [0.2, 0.25) is 0 Å². The van der Waals surface area contributed by atoms with Crippen molar-refractivity contribution in [3.8, 4) is 0 Å². The molecule has 0 aromatic heterocycles. The van der Waals surface area contributed by atoms with Crippen LogP contribution in [0.5, 0.6) is 0 Å². The Morgan fingerprint density at radius 3 is 2.36 bits per heavy atom. The van der Waals surface area contributed by atoms with Crippen LogP contribution in [-0.4, -0.2) is 48.0 Å². The Morgan fingerprint density at radius 2 is 2.00 bits per heavy atom. The minimum Gasteiger partial charge on any atom is -0.398 e. The molecular formula is C9H20O4Si. The van der Waals surface area contributed by atoms with Crippen molar-refractivity contribution < 1.29 is 18.3 Å². The molecule has 5 heteroatoms. The summed E-state index contributed by atoms with van der Waals surface area (Å²) in [5.41, 5.74) is 0. The van der Waals surface area contributed by atoms with E-state index in [9.17, 15) is 0 Å². The van der Waals surface area contributed by atoms with E-state index < -0.39 is 9.28 Å². The summed E-state index contributed by atoms with van der Waals surface area (Å²) in [6.07, 6.45) is 1.20. The zero-order valence-electron chi connectivity index (χ0n) is 9.41. The summed E-state index contributed by atoms with van der Waals surface area (Å²) in [7, 11) is 1.64. The smallest absolute Gasteiger partial charge is 0.353 e. The molecule has 1 fully saturated rings. The first-order chi connectivity index (χ1) is 6.66. The topological polar surface area (TPSA) is 40.2 Å². The summed E-state index contributed by atoms with van der Waals surface area (Å²) in [6.45, 7) is 5.62. The molecule has 2 atom stereocenters. The highest BCUT2D eigenvalue weighted by Gasteiger charge is 2.39. The molecule has 1 aliphatic rings. The zero-order chi connectivity index (χ0) is 10.6. The van der Waals surface area contributed by atoms with Gasteiger partial charge < -0.3 is 18.3 Å². The molecule has 0 radical (unpaired) electrons. The molecule has 0 aromatic rings. The minimum absolute atomic E-state index is 0.255. The molecule has 0 amide bonds. The Morgan fingerprint density at radius 1 is 1.43 bits per heavy atom. The Labute approximate surface area is 87.3 Å². The molecule has 1 saturated heterocycles. The van der Waals surface area contributed by atoms with E-state index in [0.29, 0.717) is 12.7 Å². The lowest BCUT2D eigenvalue weighted by Gasteiger charge is -2.32. The fourth-order valence-corrected chi connectivity index (χ4v) is 3.13. The van der Waals surface area contributed by atoms with Crippen LogP contribution in [0.3, 0.4) is 0 Å². The van der Waals surface area contributed by atoms with Gasteiger partial charge in [-0.2, -0.15) is 0 Å². The average molecular weight is 220 g/mol. The molecular weight excluding hydrogens is 200 g/mol. The maximum absolute atomic E-state index is 5.83. The molecule has 4 nitrogen and oxygen atoms in total. The molecule has 0 aliphatic carbocycles. The van der Waals surface area contributed by atoms with E-state index in [1.807, 2.05) is 0 Å². The minimum atomic E-state index is -1.73. The summed E-state index contributed by atoms with van der Waals surface area (Å²) in [5.74, 6) is 0. The number of epoxide rings is 1. The highest BCUT2D eigenvalue weighted by atomic mass is 28.3. The highest BCUT2D eigenvalue weighted by Crippen LogP contribution is 2.22. The summed E-state index contributed by atoms with van der Waals surface area (Å²) < 4.78 is 21.7. The predicted octanol–water partition coefficient (Wildman–Crippen LogP) is 0.623. The van der Waals surface area contributed by atoms with Gasteiger partial charge in [-0.3, -0.25) is 0 Å². The van der Waals surface area contributed by atoms with E-state index in [1.165, 1.54) is 0 Å². The monoisotopic (exact) mass is 220 g/mol. The average Bonchev–Trinajstić information content (AvgIpc) is 3.00. The fraction of sp³-hybridized carbons (Fsp3) is 1.00. The van der Waals surface area contributed by atoms with Crippen molar-refractivity contribution in [2.45, 2.75) is 31.6 Å². The van der Waals surface area contributed by atoms with Crippen LogP contribution in [0.25, 0.3) is 0 Å². The Balaban J connectivity index is 2.43. The Kier molecular flexibility index (Phi) is 4.53. The van der Waals surface area contributed by atoms with E-state index in [-0.39, 0.29) is 5.22 Å². The van der Waals surface area contributed by atoms with Gasteiger partial charge in [0.25, 0.3) is 0 Å². The number of ether oxygens (including phenoxy) is 2. The van der Waals surface area contributed by atoms with Crippen molar-refractivity contribution in [2.75, 3.05) is 27.4 Å². The Hall–Kier alpha value is 0.0569. The van der Waals surface area contributed by atoms with Crippen molar-refractivity contribution >= 4 is 9.28 Å². The highest BCUT2D eigenvalue weighted by molar-refractivity contribution is 6.48. The lowest BCUT2D eigenvalue weighted by Crippen LogP contribution is -2.49. The quantitative estimate of drug-likeness (QED) is 0.466. The van der Waals surface area contributed by atoms with Crippen LogP contribution >= 0.6 is 0 Å². The van der Waals surface area contributed by atoms with E-state index >= 15 is 0 Å². The van der Waals surface area contributed by atoms with Crippen LogP contribution in [0, 0.1) is 0 Å². The first kappa shape index (κ1) is 12.1. The van der Waals surface area contributed by atoms with Crippen molar-refractivity contribution in [1.82, 2.24) is 0 Å². The molecule has 14 heavy (non-hydrogen) atoms. The molecule has 0 aromatic carbocycles. The van der Waals surface area contributed by atoms with Gasteiger partial charge in [-0.1, -0.05) is 6.92 Å². The van der Waals surface area contributed by atoms with Gasteiger partial charge >= 0.3 is 9.28 Å². The van der Waals surface area contributed by atoms with Crippen molar-refractivity contribution in [3.63, 3.8) is 0 Å². The number of hydrogen-bond acceptors (Lipinski definition) is 4. The van der Waals surface area contributed by atoms with E-state index in [2.05, 4.69) is 13.8 Å². The molecule has 1 heterocycles. The summed E-state index contributed by atoms with van der Waals surface area (Å²) in [4.78, 5) is 0. The third-order valence-corrected chi connectivity index (χ3v) is 5.06. The van der Waals surface area contributed by atoms with Gasteiger partial charge in [0.1, 0.15) is 11.3 Å². The van der Waals surface area contributed by atoms with Crippen LogP contribution in [0.1, 0.15) is 20.3 Å². The van der Waals surface area contributed by atoms with Crippen molar-refractivity contribution in [1.29, 1.82) is 0 Å². The van der Waals surface area contributed by atoms with Gasteiger partial charge in [0, 0.05) is 14.2 Å². The van der Waals surface area contributed by atoms with Crippen molar-refractivity contribution in [3.05, 3.63) is 0 Å². The Bertz CT molecular complexity index is 170. The number of rotatable bonds is 7. The largest absolute Gasteiger partial charge is 0.398 e. The summed E-state index contributed by atoms with van der Waals surface area (Å²) in [5, 5.41) is -0.255. The predicted molar refractivity (Wildman–Crippen MR) is 55.6 cm³/mol. The van der Waals surface area contributed by atoms with Gasteiger partial charge in [-0.15, -0.1) is 0 Å². The standard InChI is InChI=1S/C9H20O4Si/c1-5-9(2,14(10-3)11-4)13-7-8-6-12-8/h8,14H,5-7H2,1-4H3. The molecule has 84 valence electrons. The lowest BCUT2D eigenvalue weighted by atomic mass is 10.3. The second-order valence-corrected chi connectivity index (χ2v) is 6.56. The van der Waals surface area contributed by atoms with Crippen molar-refractivity contribution in [2.24, 2.45) is 0 Å². The van der Waals surface area contributed by atoms with Gasteiger partial charge in [-0.05, 0) is 13.3 Å². The molecule has 0 saturated carbocycles. The van der Waals surface area contributed by atoms with Gasteiger partial charge in [-0.25, -0.2) is 0 Å². The zero-order valence-corrected chi connectivity index (χ0v) is 10.6. The molecule has 1 rings (SSSR count).